The second kappa shape index (κ2) is 9.37. The van der Waals surface area contributed by atoms with Gasteiger partial charge in [0.2, 0.25) is 0 Å². The van der Waals surface area contributed by atoms with E-state index >= 15 is 0 Å². The Morgan fingerprint density at radius 1 is 0.425 bits per heavy atom. The minimum Gasteiger partial charge on any atom is -0.310 e. The first-order chi connectivity index (χ1) is 19.8. The molecule has 0 saturated carbocycles. The van der Waals surface area contributed by atoms with Gasteiger partial charge >= 0.3 is 0 Å². The predicted octanol–water partition coefficient (Wildman–Crippen LogP) is 11.5. The van der Waals surface area contributed by atoms with E-state index in [1.807, 2.05) is 11.3 Å². The van der Waals surface area contributed by atoms with Crippen LogP contribution in [0, 0.1) is 0 Å². The average molecular weight is 528 g/mol. The fourth-order valence-electron chi connectivity index (χ4n) is 5.97. The fraction of sp³-hybridized carbons (Fsp3) is 0. The summed E-state index contributed by atoms with van der Waals surface area (Å²) in [7, 11) is 0. The van der Waals surface area contributed by atoms with Crippen LogP contribution in [0.5, 0.6) is 0 Å². The number of para-hydroxylation sites is 1. The SMILES string of the molecule is c1ccc(-c2ccc(N(c3ccccc3)c3cc4ccccc4c4c3ccc3c5ccccc5sc34)cc2)cc1. The molecular formula is C38H25NS. The van der Waals surface area contributed by atoms with Crippen LogP contribution in [0.1, 0.15) is 0 Å². The van der Waals surface area contributed by atoms with Gasteiger partial charge in [-0.3, -0.25) is 0 Å². The van der Waals surface area contributed by atoms with Crippen LogP contribution in [0.3, 0.4) is 0 Å². The van der Waals surface area contributed by atoms with E-state index in [4.69, 9.17) is 0 Å². The van der Waals surface area contributed by atoms with Gasteiger partial charge in [-0.05, 0) is 58.3 Å². The first-order valence-electron chi connectivity index (χ1n) is 13.6. The van der Waals surface area contributed by atoms with Gasteiger partial charge in [0.05, 0.1) is 5.69 Å². The van der Waals surface area contributed by atoms with Crippen molar-refractivity contribution < 1.29 is 0 Å². The zero-order chi connectivity index (χ0) is 26.5. The third-order valence-electron chi connectivity index (χ3n) is 7.83. The predicted molar refractivity (Wildman–Crippen MR) is 174 cm³/mol. The van der Waals surface area contributed by atoms with E-state index in [2.05, 4.69) is 157 Å². The van der Waals surface area contributed by atoms with E-state index < -0.39 is 0 Å². The molecule has 0 aliphatic heterocycles. The van der Waals surface area contributed by atoms with Gasteiger partial charge in [-0.15, -0.1) is 11.3 Å². The molecule has 0 amide bonds. The summed E-state index contributed by atoms with van der Waals surface area (Å²) in [5.74, 6) is 0. The van der Waals surface area contributed by atoms with Gasteiger partial charge in [-0.2, -0.15) is 0 Å². The third-order valence-corrected chi connectivity index (χ3v) is 9.04. The standard InChI is InChI=1S/C38H25NS/c1-3-11-26(12-4-1)27-19-21-30(22-20-27)39(29-14-5-2-6-15-29)35-25-28-13-7-8-16-31(28)37-34(35)24-23-33-32-17-9-10-18-36(32)40-38(33)37/h1-25H. The molecule has 8 rings (SSSR count). The lowest BCUT2D eigenvalue weighted by molar-refractivity contribution is 1.30. The summed E-state index contributed by atoms with van der Waals surface area (Å²) in [6.45, 7) is 0. The molecule has 188 valence electrons. The maximum absolute atomic E-state index is 2.41. The van der Waals surface area contributed by atoms with Gasteiger partial charge < -0.3 is 4.90 Å². The molecule has 7 aromatic carbocycles. The summed E-state index contributed by atoms with van der Waals surface area (Å²) >= 11 is 1.90. The van der Waals surface area contributed by atoms with Crippen LogP contribution >= 0.6 is 11.3 Å². The van der Waals surface area contributed by atoms with Crippen molar-refractivity contribution in [2.45, 2.75) is 0 Å². The van der Waals surface area contributed by atoms with Crippen LogP contribution in [-0.4, -0.2) is 0 Å². The van der Waals surface area contributed by atoms with E-state index in [0.29, 0.717) is 0 Å². The van der Waals surface area contributed by atoms with Gasteiger partial charge in [-0.25, -0.2) is 0 Å². The molecule has 40 heavy (non-hydrogen) atoms. The van der Waals surface area contributed by atoms with Crippen LogP contribution in [0.2, 0.25) is 0 Å². The minimum absolute atomic E-state index is 1.14. The molecule has 0 atom stereocenters. The van der Waals surface area contributed by atoms with E-state index in [1.54, 1.807) is 0 Å². The quantitative estimate of drug-likeness (QED) is 0.206. The lowest BCUT2D eigenvalue weighted by Gasteiger charge is -2.28. The molecule has 0 radical (unpaired) electrons. The molecule has 0 N–H and O–H groups in total. The Balaban J connectivity index is 1.43. The van der Waals surface area contributed by atoms with Gasteiger partial charge in [-0.1, -0.05) is 115 Å². The number of thiophene rings is 1. The Kier molecular flexibility index (Phi) is 5.39. The Hall–Kier alpha value is -4.92. The zero-order valence-corrected chi connectivity index (χ0v) is 22.6. The molecule has 8 aromatic rings. The van der Waals surface area contributed by atoms with Crippen LogP contribution in [0.4, 0.5) is 17.1 Å². The normalized spacial score (nSPS) is 11.5. The van der Waals surface area contributed by atoms with Crippen molar-refractivity contribution in [3.8, 4) is 11.1 Å². The molecule has 2 heteroatoms. The van der Waals surface area contributed by atoms with Crippen LogP contribution in [0.25, 0.3) is 52.8 Å². The van der Waals surface area contributed by atoms with Crippen molar-refractivity contribution in [2.24, 2.45) is 0 Å². The number of nitrogens with zero attached hydrogens (tertiary/aromatic N) is 1. The van der Waals surface area contributed by atoms with E-state index in [1.165, 1.54) is 58.5 Å². The number of fused-ring (bicyclic) bond motifs is 7. The van der Waals surface area contributed by atoms with Crippen molar-refractivity contribution in [3.63, 3.8) is 0 Å². The summed E-state index contributed by atoms with van der Waals surface area (Å²) in [6, 6.07) is 54.8. The smallest absolute Gasteiger partial charge is 0.0546 e. The second-order valence-electron chi connectivity index (χ2n) is 10.2. The Labute approximate surface area is 237 Å². The number of hydrogen-bond donors (Lipinski definition) is 0. The monoisotopic (exact) mass is 527 g/mol. The van der Waals surface area contributed by atoms with Gasteiger partial charge in [0.1, 0.15) is 0 Å². The van der Waals surface area contributed by atoms with Crippen molar-refractivity contribution >= 4 is 70.1 Å². The number of benzene rings is 7. The van der Waals surface area contributed by atoms with Crippen molar-refractivity contribution in [3.05, 3.63) is 152 Å². The maximum atomic E-state index is 2.41. The molecule has 1 aromatic heterocycles. The fourth-order valence-corrected chi connectivity index (χ4v) is 7.23. The minimum atomic E-state index is 1.14. The maximum Gasteiger partial charge on any atom is 0.0546 e. The third kappa shape index (κ3) is 3.69. The number of rotatable bonds is 4. The van der Waals surface area contributed by atoms with Crippen LogP contribution in [-0.2, 0) is 0 Å². The highest BCUT2D eigenvalue weighted by atomic mass is 32.1. The molecule has 0 fully saturated rings. The topological polar surface area (TPSA) is 3.24 Å². The van der Waals surface area contributed by atoms with E-state index in [-0.39, 0.29) is 0 Å². The van der Waals surface area contributed by atoms with Crippen molar-refractivity contribution in [1.29, 1.82) is 0 Å². The summed E-state index contributed by atoms with van der Waals surface area (Å²) in [5.41, 5.74) is 5.91. The van der Waals surface area contributed by atoms with Crippen molar-refractivity contribution in [2.75, 3.05) is 4.90 Å². The number of anilines is 3. The van der Waals surface area contributed by atoms with E-state index in [0.717, 1.165) is 11.4 Å². The summed E-state index contributed by atoms with van der Waals surface area (Å²) < 4.78 is 2.68. The lowest BCUT2D eigenvalue weighted by atomic mass is 9.97. The highest BCUT2D eigenvalue weighted by Crippen LogP contribution is 2.47. The molecule has 0 spiro atoms. The first-order valence-corrected chi connectivity index (χ1v) is 14.4. The summed E-state index contributed by atoms with van der Waals surface area (Å²) in [5, 5.41) is 7.79. The molecule has 0 bridgehead atoms. The average Bonchev–Trinajstić information content (AvgIpc) is 3.41. The molecule has 1 nitrogen and oxygen atoms in total. The highest BCUT2D eigenvalue weighted by molar-refractivity contribution is 7.26. The van der Waals surface area contributed by atoms with Gasteiger partial charge in [0, 0.05) is 42.3 Å². The molecular weight excluding hydrogens is 502 g/mol. The zero-order valence-electron chi connectivity index (χ0n) is 21.8. The molecule has 0 aliphatic rings. The van der Waals surface area contributed by atoms with Gasteiger partial charge in [0.25, 0.3) is 0 Å². The first kappa shape index (κ1) is 23.0. The lowest BCUT2D eigenvalue weighted by Crippen LogP contribution is -2.10. The Morgan fingerprint density at radius 2 is 1.02 bits per heavy atom. The Morgan fingerprint density at radius 3 is 1.82 bits per heavy atom. The largest absolute Gasteiger partial charge is 0.310 e. The van der Waals surface area contributed by atoms with Crippen molar-refractivity contribution in [1.82, 2.24) is 0 Å². The Bertz CT molecular complexity index is 2140. The molecule has 0 aliphatic carbocycles. The molecule has 0 unspecified atom stereocenters. The second-order valence-corrected chi connectivity index (χ2v) is 11.2. The van der Waals surface area contributed by atoms with Crippen LogP contribution < -0.4 is 4.90 Å². The van der Waals surface area contributed by atoms with Crippen LogP contribution in [0.15, 0.2) is 152 Å². The highest BCUT2D eigenvalue weighted by Gasteiger charge is 2.19. The van der Waals surface area contributed by atoms with Gasteiger partial charge in [0.15, 0.2) is 0 Å². The number of hydrogen-bond acceptors (Lipinski definition) is 2. The molecule has 0 saturated heterocycles. The molecule has 1 heterocycles. The van der Waals surface area contributed by atoms with E-state index in [9.17, 15) is 0 Å². The summed E-state index contributed by atoms with van der Waals surface area (Å²) in [4.78, 5) is 2.41. The summed E-state index contributed by atoms with van der Waals surface area (Å²) in [6.07, 6.45) is 0.